The summed E-state index contributed by atoms with van der Waals surface area (Å²) in [4.78, 5) is 0. The Kier molecular flexibility index (Phi) is 11.6. The molecule has 176 valence electrons. The molecule has 0 amide bonds. The van der Waals surface area contributed by atoms with Gasteiger partial charge in [0.2, 0.25) is 0 Å². The molecule has 3 aliphatic carbocycles. The molecule has 3 nitrogen and oxygen atoms in total. The molecule has 3 aliphatic rings. The molecule has 0 saturated heterocycles. The minimum Gasteiger partial charge on any atom is -0.412 e. The van der Waals surface area contributed by atoms with E-state index in [0.717, 1.165) is 30.6 Å². The lowest BCUT2D eigenvalue weighted by molar-refractivity contribution is -0.106. The fraction of sp³-hybridized carbons (Fsp3) is 1.00. The van der Waals surface area contributed by atoms with E-state index in [2.05, 4.69) is 13.8 Å². The van der Waals surface area contributed by atoms with E-state index >= 15 is 0 Å². The molecule has 0 bridgehead atoms. The Hall–Kier alpha value is -0.260. The van der Waals surface area contributed by atoms with Crippen molar-refractivity contribution in [3.63, 3.8) is 0 Å². The molecule has 5 unspecified atom stereocenters. The van der Waals surface area contributed by atoms with E-state index in [9.17, 15) is 8.78 Å². The molecule has 4 N–H and O–H groups in total. The SMILES string of the molecule is CCCC1CCC(C2CCC(C3C(C)CC(OCC)C(F)C3F)CC2)CC1.O.O.[HH]. The van der Waals surface area contributed by atoms with Gasteiger partial charge in [-0.3, -0.25) is 0 Å². The summed E-state index contributed by atoms with van der Waals surface area (Å²) in [5, 5.41) is 0. The van der Waals surface area contributed by atoms with Crippen LogP contribution < -0.4 is 0 Å². The topological polar surface area (TPSA) is 72.2 Å². The van der Waals surface area contributed by atoms with Crippen molar-refractivity contribution >= 4 is 0 Å². The average Bonchev–Trinajstić information content (AvgIpc) is 2.68. The predicted octanol–water partition coefficient (Wildman–Crippen LogP) is 5.73. The molecule has 0 aromatic rings. The highest BCUT2D eigenvalue weighted by Gasteiger charge is 2.48. The second-order valence-electron chi connectivity index (χ2n) is 9.92. The normalized spacial score (nSPS) is 43.1. The minimum absolute atomic E-state index is 0. The van der Waals surface area contributed by atoms with Crippen LogP contribution in [0, 0.1) is 35.5 Å². The monoisotopic (exact) mass is 422 g/mol. The van der Waals surface area contributed by atoms with Crippen molar-refractivity contribution in [2.24, 2.45) is 35.5 Å². The predicted molar refractivity (Wildman–Crippen MR) is 118 cm³/mol. The molecule has 0 heterocycles. The number of hydrogen-bond acceptors (Lipinski definition) is 1. The van der Waals surface area contributed by atoms with Gasteiger partial charge in [-0.05, 0) is 87.4 Å². The Morgan fingerprint density at radius 2 is 1.31 bits per heavy atom. The summed E-state index contributed by atoms with van der Waals surface area (Å²) in [7, 11) is 0. The van der Waals surface area contributed by atoms with Crippen molar-refractivity contribution < 1.29 is 25.9 Å². The molecule has 3 fully saturated rings. The number of halogens is 2. The lowest BCUT2D eigenvalue weighted by Crippen LogP contribution is -2.49. The third-order valence-electron chi connectivity index (χ3n) is 8.28. The maximum Gasteiger partial charge on any atom is 0.157 e. The van der Waals surface area contributed by atoms with Crippen LogP contribution in [0.4, 0.5) is 8.78 Å². The summed E-state index contributed by atoms with van der Waals surface area (Å²) in [5.74, 6) is 3.23. The lowest BCUT2D eigenvalue weighted by Gasteiger charge is -2.46. The summed E-state index contributed by atoms with van der Waals surface area (Å²) in [6, 6.07) is 0. The molecule has 3 saturated carbocycles. The van der Waals surface area contributed by atoms with E-state index in [1.165, 1.54) is 51.4 Å². The first-order valence-corrected chi connectivity index (χ1v) is 11.9. The third kappa shape index (κ3) is 6.36. The van der Waals surface area contributed by atoms with E-state index in [1.54, 1.807) is 0 Å². The number of alkyl halides is 2. The summed E-state index contributed by atoms with van der Waals surface area (Å²) < 4.78 is 35.0. The van der Waals surface area contributed by atoms with Crippen molar-refractivity contribution in [3.8, 4) is 0 Å². The van der Waals surface area contributed by atoms with Crippen LogP contribution in [-0.2, 0) is 4.74 Å². The van der Waals surface area contributed by atoms with Crippen molar-refractivity contribution in [2.45, 2.75) is 110 Å². The molecule has 0 radical (unpaired) electrons. The smallest absolute Gasteiger partial charge is 0.157 e. The standard InChI is InChI=1S/C24H42F2O.2H2O.H2/c1-4-6-17-7-9-18(10-8-17)19-11-13-20(14-12-19)22-16(3)15-21(27-5-2)23(25)24(22)26;;;/h16-24H,4-15H2,1-3H3;2*1H2;1H. The molecule has 0 aromatic carbocycles. The van der Waals surface area contributed by atoms with Gasteiger partial charge in [0.05, 0.1) is 6.10 Å². The van der Waals surface area contributed by atoms with Crippen LogP contribution in [0.25, 0.3) is 0 Å². The van der Waals surface area contributed by atoms with Crippen molar-refractivity contribution in [1.29, 1.82) is 0 Å². The van der Waals surface area contributed by atoms with E-state index < -0.39 is 18.4 Å². The molecule has 0 spiro atoms. The Morgan fingerprint density at radius 1 is 0.793 bits per heavy atom. The van der Waals surface area contributed by atoms with Gasteiger partial charge in [0.1, 0.15) is 6.17 Å². The molecule has 5 heteroatoms. The first-order valence-electron chi connectivity index (χ1n) is 11.9. The summed E-state index contributed by atoms with van der Waals surface area (Å²) in [6.07, 6.45) is 10.5. The highest BCUT2D eigenvalue weighted by molar-refractivity contribution is 4.96. The molecule has 3 rings (SSSR count). The van der Waals surface area contributed by atoms with Crippen LogP contribution in [0.5, 0.6) is 0 Å². The Balaban J connectivity index is 0.00000280. The van der Waals surface area contributed by atoms with Gasteiger partial charge in [-0.25, -0.2) is 8.78 Å². The van der Waals surface area contributed by atoms with Gasteiger partial charge in [0.15, 0.2) is 6.17 Å². The van der Waals surface area contributed by atoms with Crippen LogP contribution in [-0.4, -0.2) is 36.0 Å². The third-order valence-corrected chi connectivity index (χ3v) is 8.28. The van der Waals surface area contributed by atoms with Gasteiger partial charge in [0, 0.05) is 8.03 Å². The second-order valence-corrected chi connectivity index (χ2v) is 9.92. The number of hydrogen-bond donors (Lipinski definition) is 0. The zero-order valence-electron chi connectivity index (χ0n) is 18.8. The van der Waals surface area contributed by atoms with Crippen LogP contribution in [0.1, 0.15) is 92.8 Å². The van der Waals surface area contributed by atoms with Crippen LogP contribution in [0.2, 0.25) is 0 Å². The van der Waals surface area contributed by atoms with Gasteiger partial charge < -0.3 is 15.7 Å². The summed E-state index contributed by atoms with van der Waals surface area (Å²) in [6.45, 7) is 6.76. The first kappa shape index (κ1) is 26.8. The molecule has 0 aromatic heterocycles. The largest absolute Gasteiger partial charge is 0.412 e. The fourth-order valence-electron chi connectivity index (χ4n) is 6.84. The van der Waals surface area contributed by atoms with Crippen LogP contribution >= 0.6 is 0 Å². The number of rotatable bonds is 6. The number of ether oxygens (including phenoxy) is 1. The van der Waals surface area contributed by atoms with E-state index in [1.807, 2.05) is 6.92 Å². The second kappa shape index (κ2) is 12.6. The zero-order valence-corrected chi connectivity index (χ0v) is 18.8. The van der Waals surface area contributed by atoms with Gasteiger partial charge in [-0.2, -0.15) is 0 Å². The molecule has 0 aliphatic heterocycles. The maximum atomic E-state index is 15.0. The Bertz CT molecular complexity index is 440. The summed E-state index contributed by atoms with van der Waals surface area (Å²) in [5.41, 5.74) is 0. The molecule has 29 heavy (non-hydrogen) atoms. The molecular weight excluding hydrogens is 374 g/mol. The van der Waals surface area contributed by atoms with Crippen molar-refractivity contribution in [1.82, 2.24) is 0 Å². The Labute approximate surface area is 178 Å². The highest BCUT2D eigenvalue weighted by atomic mass is 19.2. The van der Waals surface area contributed by atoms with Crippen LogP contribution in [0.15, 0.2) is 0 Å². The zero-order chi connectivity index (χ0) is 19.4. The quantitative estimate of drug-likeness (QED) is 0.538. The van der Waals surface area contributed by atoms with Gasteiger partial charge in [0.25, 0.3) is 0 Å². The molecule has 5 atom stereocenters. The van der Waals surface area contributed by atoms with Gasteiger partial charge >= 0.3 is 0 Å². The molecular formula is C24H48F2O3. The fourth-order valence-corrected chi connectivity index (χ4v) is 6.84. The van der Waals surface area contributed by atoms with Crippen LogP contribution in [0.3, 0.4) is 0 Å². The van der Waals surface area contributed by atoms with Crippen molar-refractivity contribution in [3.05, 3.63) is 0 Å². The Morgan fingerprint density at radius 3 is 1.83 bits per heavy atom. The van der Waals surface area contributed by atoms with Crippen molar-refractivity contribution in [2.75, 3.05) is 6.61 Å². The van der Waals surface area contributed by atoms with E-state index in [-0.39, 0.29) is 24.2 Å². The minimum atomic E-state index is -1.43. The van der Waals surface area contributed by atoms with E-state index in [0.29, 0.717) is 18.9 Å². The average molecular weight is 423 g/mol. The van der Waals surface area contributed by atoms with E-state index in [4.69, 9.17) is 4.74 Å². The van der Waals surface area contributed by atoms with Gasteiger partial charge in [-0.15, -0.1) is 0 Å². The summed E-state index contributed by atoms with van der Waals surface area (Å²) >= 11 is 0. The first-order chi connectivity index (χ1) is 13.0. The lowest BCUT2D eigenvalue weighted by atomic mass is 9.62. The van der Waals surface area contributed by atoms with Gasteiger partial charge in [-0.1, -0.05) is 39.5 Å². The highest BCUT2D eigenvalue weighted by Crippen LogP contribution is 2.48. The maximum absolute atomic E-state index is 15.0.